The Bertz CT molecular complexity index is 1410. The number of aromatic nitrogens is 3. The van der Waals surface area contributed by atoms with Crippen LogP contribution in [0.5, 0.6) is 0 Å². The Morgan fingerprint density at radius 1 is 1.11 bits per heavy atom. The van der Waals surface area contributed by atoms with Crippen LogP contribution in [0, 0.1) is 19.7 Å². The Hall–Kier alpha value is -3.50. The minimum Gasteiger partial charge on any atom is -0.465 e. The number of anilines is 1. The molecule has 0 radical (unpaired) electrons. The maximum absolute atomic E-state index is 13.3. The SMILES string of the molecule is CCn1c(SCC(=O)Nc2scc(-c3cc(C)ccc3C)c2C(=O)OC)nnc1-c1ccc(F)cc1. The van der Waals surface area contributed by atoms with E-state index in [9.17, 15) is 14.0 Å². The molecule has 2 aromatic heterocycles. The van der Waals surface area contributed by atoms with Crippen molar-refractivity contribution in [3.8, 4) is 22.5 Å². The van der Waals surface area contributed by atoms with Crippen LogP contribution in [0.2, 0.25) is 0 Å². The maximum Gasteiger partial charge on any atom is 0.341 e. The number of nitrogens with zero attached hydrogens (tertiary/aromatic N) is 3. The molecule has 0 aliphatic carbocycles. The first-order valence-corrected chi connectivity index (χ1v) is 13.1. The normalized spacial score (nSPS) is 10.9. The summed E-state index contributed by atoms with van der Waals surface area (Å²) >= 11 is 2.52. The van der Waals surface area contributed by atoms with Crippen LogP contribution in [0.25, 0.3) is 22.5 Å². The van der Waals surface area contributed by atoms with Crippen LogP contribution in [0.4, 0.5) is 9.39 Å². The lowest BCUT2D eigenvalue weighted by Crippen LogP contribution is -2.16. The third-order valence-electron chi connectivity index (χ3n) is 5.58. The number of hydrogen-bond acceptors (Lipinski definition) is 7. The number of thioether (sulfide) groups is 1. The number of methoxy groups -OCH3 is 1. The van der Waals surface area contributed by atoms with Crippen LogP contribution in [0.15, 0.2) is 53.0 Å². The van der Waals surface area contributed by atoms with Crippen molar-refractivity contribution < 1.29 is 18.7 Å². The van der Waals surface area contributed by atoms with Gasteiger partial charge in [-0.2, -0.15) is 0 Å². The van der Waals surface area contributed by atoms with Crippen molar-refractivity contribution in [3.63, 3.8) is 0 Å². The van der Waals surface area contributed by atoms with Gasteiger partial charge in [-0.05, 0) is 56.2 Å². The van der Waals surface area contributed by atoms with Gasteiger partial charge in [0.2, 0.25) is 5.91 Å². The zero-order valence-corrected chi connectivity index (χ0v) is 21.9. The highest BCUT2D eigenvalue weighted by Crippen LogP contribution is 2.38. The number of hydrogen-bond donors (Lipinski definition) is 1. The molecular weight excluding hydrogens is 499 g/mol. The first-order chi connectivity index (χ1) is 17.3. The van der Waals surface area contributed by atoms with Crippen LogP contribution in [0.3, 0.4) is 0 Å². The smallest absolute Gasteiger partial charge is 0.341 e. The maximum atomic E-state index is 13.3. The van der Waals surface area contributed by atoms with Gasteiger partial charge in [-0.3, -0.25) is 4.79 Å². The molecule has 0 saturated heterocycles. The monoisotopic (exact) mass is 524 g/mol. The summed E-state index contributed by atoms with van der Waals surface area (Å²) in [5, 5.41) is 14.2. The fourth-order valence-corrected chi connectivity index (χ4v) is 5.53. The van der Waals surface area contributed by atoms with E-state index in [1.54, 1.807) is 12.1 Å². The number of amides is 1. The van der Waals surface area contributed by atoms with E-state index in [0.29, 0.717) is 28.1 Å². The number of halogens is 1. The Labute approximate surface area is 216 Å². The molecule has 4 rings (SSSR count). The molecule has 0 atom stereocenters. The van der Waals surface area contributed by atoms with Crippen LogP contribution >= 0.6 is 23.1 Å². The summed E-state index contributed by atoms with van der Waals surface area (Å²) in [6, 6.07) is 12.1. The van der Waals surface area contributed by atoms with Crippen molar-refractivity contribution in [1.82, 2.24) is 14.8 Å². The minimum absolute atomic E-state index is 0.0683. The van der Waals surface area contributed by atoms with Crippen molar-refractivity contribution in [2.24, 2.45) is 0 Å². The highest BCUT2D eigenvalue weighted by atomic mass is 32.2. The number of carbonyl (C=O) groups excluding carboxylic acids is 2. The summed E-state index contributed by atoms with van der Waals surface area (Å²) in [6.07, 6.45) is 0. The zero-order valence-electron chi connectivity index (χ0n) is 20.3. The standard InChI is InChI=1S/C26H25FN4O3S2/c1-5-31-23(17-8-10-18(27)11-9-17)29-30-26(31)36-14-21(32)28-24-22(25(33)34-4)20(13-35-24)19-12-15(2)6-7-16(19)3/h6-13H,5,14H2,1-4H3,(H,28,32). The number of aryl methyl sites for hydroxylation is 2. The molecule has 0 aliphatic heterocycles. The molecule has 0 bridgehead atoms. The lowest BCUT2D eigenvalue weighted by molar-refractivity contribution is -0.113. The molecule has 36 heavy (non-hydrogen) atoms. The summed E-state index contributed by atoms with van der Waals surface area (Å²) in [6.45, 7) is 6.50. The number of esters is 1. The number of carbonyl (C=O) groups is 2. The van der Waals surface area contributed by atoms with E-state index < -0.39 is 5.97 Å². The summed E-state index contributed by atoms with van der Waals surface area (Å²) < 4.78 is 20.2. The topological polar surface area (TPSA) is 86.1 Å². The minimum atomic E-state index is -0.509. The first kappa shape index (κ1) is 25.6. The highest BCUT2D eigenvalue weighted by molar-refractivity contribution is 7.99. The largest absolute Gasteiger partial charge is 0.465 e. The van der Waals surface area contributed by atoms with Gasteiger partial charge in [-0.15, -0.1) is 21.5 Å². The van der Waals surface area contributed by atoms with Gasteiger partial charge in [-0.1, -0.05) is 35.5 Å². The van der Waals surface area contributed by atoms with Crippen molar-refractivity contribution in [3.05, 3.63) is 70.4 Å². The second kappa shape index (κ2) is 11.0. The average molecular weight is 525 g/mol. The predicted octanol–water partition coefficient (Wildman–Crippen LogP) is 5.97. The van der Waals surface area contributed by atoms with Gasteiger partial charge in [0.25, 0.3) is 0 Å². The lowest BCUT2D eigenvalue weighted by Gasteiger charge is -2.10. The van der Waals surface area contributed by atoms with Gasteiger partial charge in [0.1, 0.15) is 16.4 Å². The number of thiophene rings is 1. The Morgan fingerprint density at radius 2 is 1.86 bits per heavy atom. The third-order valence-corrected chi connectivity index (χ3v) is 7.45. The van der Waals surface area contributed by atoms with Gasteiger partial charge < -0.3 is 14.6 Å². The zero-order chi connectivity index (χ0) is 25.8. The van der Waals surface area contributed by atoms with Crippen LogP contribution in [-0.4, -0.2) is 39.5 Å². The summed E-state index contributed by atoms with van der Waals surface area (Å²) in [7, 11) is 1.32. The quantitative estimate of drug-likeness (QED) is 0.226. The Balaban J connectivity index is 1.53. The van der Waals surface area contributed by atoms with Crippen LogP contribution < -0.4 is 5.32 Å². The number of rotatable bonds is 8. The molecule has 4 aromatic rings. The van der Waals surface area contributed by atoms with E-state index in [2.05, 4.69) is 15.5 Å². The van der Waals surface area contributed by atoms with Gasteiger partial charge in [0.05, 0.1) is 12.9 Å². The van der Waals surface area contributed by atoms with Gasteiger partial charge in [0, 0.05) is 23.1 Å². The summed E-state index contributed by atoms with van der Waals surface area (Å²) in [5.41, 5.74) is 4.82. The highest BCUT2D eigenvalue weighted by Gasteiger charge is 2.24. The molecule has 0 spiro atoms. The fraction of sp³-hybridized carbons (Fsp3) is 0.231. The molecule has 10 heteroatoms. The van der Waals surface area contributed by atoms with Crippen LogP contribution in [-0.2, 0) is 16.1 Å². The molecule has 0 aliphatic rings. The van der Waals surface area contributed by atoms with Crippen LogP contribution in [0.1, 0.15) is 28.4 Å². The third kappa shape index (κ3) is 5.34. The molecular formula is C26H25FN4O3S2. The van der Waals surface area contributed by atoms with E-state index in [1.165, 1.54) is 42.3 Å². The molecule has 2 heterocycles. The molecule has 7 nitrogen and oxygen atoms in total. The molecule has 1 amide bonds. The second-order valence-electron chi connectivity index (χ2n) is 8.06. The Kier molecular flexibility index (Phi) is 7.85. The average Bonchev–Trinajstić information content (AvgIpc) is 3.48. The second-order valence-corrected chi connectivity index (χ2v) is 9.88. The van der Waals surface area contributed by atoms with Crippen molar-refractivity contribution >= 4 is 40.0 Å². The fourth-order valence-electron chi connectivity index (χ4n) is 3.76. The molecule has 0 saturated carbocycles. The summed E-state index contributed by atoms with van der Waals surface area (Å²) in [5.74, 6) is -0.449. The van der Waals surface area contributed by atoms with Gasteiger partial charge in [0.15, 0.2) is 11.0 Å². The molecule has 1 N–H and O–H groups in total. The predicted molar refractivity (Wildman–Crippen MR) is 141 cm³/mol. The first-order valence-electron chi connectivity index (χ1n) is 11.2. The van der Waals surface area contributed by atoms with Gasteiger partial charge >= 0.3 is 5.97 Å². The number of nitrogens with one attached hydrogen (secondary N) is 1. The van der Waals surface area contributed by atoms with E-state index in [1.807, 2.05) is 48.9 Å². The van der Waals surface area contributed by atoms with E-state index in [4.69, 9.17) is 4.74 Å². The Morgan fingerprint density at radius 3 is 2.56 bits per heavy atom. The van der Waals surface area contributed by atoms with E-state index in [-0.39, 0.29) is 17.5 Å². The molecule has 2 aromatic carbocycles. The molecule has 186 valence electrons. The van der Waals surface area contributed by atoms with E-state index in [0.717, 1.165) is 27.8 Å². The number of benzene rings is 2. The lowest BCUT2D eigenvalue weighted by atomic mass is 9.97. The van der Waals surface area contributed by atoms with Gasteiger partial charge in [-0.25, -0.2) is 9.18 Å². The number of ether oxygens (including phenoxy) is 1. The molecule has 0 fully saturated rings. The van der Waals surface area contributed by atoms with Crippen molar-refractivity contribution in [2.75, 3.05) is 18.2 Å². The van der Waals surface area contributed by atoms with E-state index >= 15 is 0 Å². The van der Waals surface area contributed by atoms with Crippen molar-refractivity contribution in [1.29, 1.82) is 0 Å². The van der Waals surface area contributed by atoms with Crippen molar-refractivity contribution in [2.45, 2.75) is 32.5 Å². The summed E-state index contributed by atoms with van der Waals surface area (Å²) in [4.78, 5) is 25.5. The molecule has 0 unspecified atom stereocenters.